The summed E-state index contributed by atoms with van der Waals surface area (Å²) >= 11 is 0. The number of carbonyl (C=O) groups is 1. The topological polar surface area (TPSA) is 125 Å². The standard InChI is InChI=1S/C25H30N6O4/c1-3-4-5-9-14-30-21-18(16-17(2)27-22(21)32)24(33)31(25(30)34)15-10-7-12-20-28-23(35-29-20)19-11-6-8-13-26-19/h6,8,11,13H,2-5,7,9-10,12,14-16H2,1H3,(H,27,32). The van der Waals surface area contributed by atoms with Crippen LogP contribution in [0.15, 0.2) is 50.8 Å². The molecule has 0 saturated carbocycles. The fourth-order valence-electron chi connectivity index (χ4n) is 4.25. The molecule has 1 N–H and O–H groups in total. The first-order valence-corrected chi connectivity index (χ1v) is 12.1. The molecule has 0 fully saturated rings. The molecule has 3 aromatic heterocycles. The van der Waals surface area contributed by atoms with Crippen molar-refractivity contribution in [1.29, 1.82) is 0 Å². The third-order valence-electron chi connectivity index (χ3n) is 6.04. The van der Waals surface area contributed by atoms with Gasteiger partial charge in [-0.05, 0) is 31.4 Å². The average Bonchev–Trinajstić information content (AvgIpc) is 3.33. The molecule has 1 aliphatic rings. The van der Waals surface area contributed by atoms with Crippen molar-refractivity contribution >= 4 is 5.91 Å². The van der Waals surface area contributed by atoms with E-state index in [9.17, 15) is 14.4 Å². The van der Waals surface area contributed by atoms with Crippen molar-refractivity contribution < 1.29 is 9.32 Å². The van der Waals surface area contributed by atoms with Gasteiger partial charge in [-0.3, -0.25) is 23.7 Å². The number of nitrogens with one attached hydrogen (secondary N) is 1. The first-order valence-electron chi connectivity index (χ1n) is 12.1. The highest BCUT2D eigenvalue weighted by Crippen LogP contribution is 2.16. The van der Waals surface area contributed by atoms with Crippen molar-refractivity contribution in [3.63, 3.8) is 0 Å². The van der Waals surface area contributed by atoms with E-state index in [1.165, 1.54) is 9.13 Å². The lowest BCUT2D eigenvalue weighted by molar-refractivity contribution is 0.0945. The van der Waals surface area contributed by atoms with Crippen LogP contribution in [0.5, 0.6) is 0 Å². The predicted molar refractivity (Wildman–Crippen MR) is 130 cm³/mol. The second-order valence-corrected chi connectivity index (χ2v) is 8.70. The van der Waals surface area contributed by atoms with Gasteiger partial charge in [-0.25, -0.2) is 4.79 Å². The number of rotatable bonds is 11. The number of fused-ring (bicyclic) bond motifs is 1. The highest BCUT2D eigenvalue weighted by atomic mass is 16.5. The third-order valence-corrected chi connectivity index (χ3v) is 6.04. The van der Waals surface area contributed by atoms with Gasteiger partial charge >= 0.3 is 5.69 Å². The highest BCUT2D eigenvalue weighted by Gasteiger charge is 2.28. The fourth-order valence-corrected chi connectivity index (χ4v) is 4.25. The Morgan fingerprint density at radius 2 is 1.86 bits per heavy atom. The predicted octanol–water partition coefficient (Wildman–Crippen LogP) is 2.86. The number of aryl methyl sites for hydroxylation is 1. The zero-order valence-corrected chi connectivity index (χ0v) is 20.0. The van der Waals surface area contributed by atoms with Gasteiger partial charge in [0, 0.05) is 37.8 Å². The number of nitrogens with zero attached hydrogens (tertiary/aromatic N) is 5. The molecule has 0 radical (unpaired) electrons. The van der Waals surface area contributed by atoms with E-state index in [-0.39, 0.29) is 18.7 Å². The second kappa shape index (κ2) is 11.1. The van der Waals surface area contributed by atoms with Crippen LogP contribution in [0.25, 0.3) is 11.6 Å². The largest absolute Gasteiger partial charge is 0.332 e. The van der Waals surface area contributed by atoms with Crippen LogP contribution in [0.4, 0.5) is 0 Å². The molecule has 4 rings (SSSR count). The van der Waals surface area contributed by atoms with Gasteiger partial charge in [0.05, 0.1) is 5.56 Å². The van der Waals surface area contributed by atoms with Crippen LogP contribution in [-0.2, 0) is 25.9 Å². The molecule has 0 aliphatic carbocycles. The SMILES string of the molecule is C=C1Cc2c(n(CCCCCC)c(=O)n(CCCCc3noc(-c4ccccn4)n3)c2=O)C(=O)N1. The summed E-state index contributed by atoms with van der Waals surface area (Å²) in [7, 11) is 0. The Morgan fingerprint density at radius 3 is 2.63 bits per heavy atom. The lowest BCUT2D eigenvalue weighted by Gasteiger charge is -2.23. The lowest BCUT2D eigenvalue weighted by Crippen LogP contribution is -2.48. The van der Waals surface area contributed by atoms with Crippen molar-refractivity contribution in [2.45, 2.75) is 71.4 Å². The monoisotopic (exact) mass is 478 g/mol. The highest BCUT2D eigenvalue weighted by molar-refractivity contribution is 5.96. The Morgan fingerprint density at radius 1 is 1.06 bits per heavy atom. The first kappa shape index (κ1) is 24.3. The minimum atomic E-state index is -0.440. The van der Waals surface area contributed by atoms with Gasteiger partial charge in [-0.2, -0.15) is 4.98 Å². The van der Waals surface area contributed by atoms with E-state index in [1.54, 1.807) is 12.3 Å². The van der Waals surface area contributed by atoms with Crippen LogP contribution in [0.2, 0.25) is 0 Å². The summed E-state index contributed by atoms with van der Waals surface area (Å²) in [6.07, 6.45) is 7.51. The Hall–Kier alpha value is -3.82. The van der Waals surface area contributed by atoms with E-state index >= 15 is 0 Å². The molecule has 0 bridgehead atoms. The summed E-state index contributed by atoms with van der Waals surface area (Å²) in [5.41, 5.74) is 0.730. The van der Waals surface area contributed by atoms with Crippen LogP contribution >= 0.6 is 0 Å². The van der Waals surface area contributed by atoms with Crippen LogP contribution in [0.3, 0.4) is 0 Å². The van der Waals surface area contributed by atoms with Crippen molar-refractivity contribution in [3.8, 4) is 11.6 Å². The molecule has 0 spiro atoms. The van der Waals surface area contributed by atoms with Gasteiger partial charge < -0.3 is 9.84 Å². The number of hydrogen-bond donors (Lipinski definition) is 1. The van der Waals surface area contributed by atoms with Gasteiger partial charge in [0.2, 0.25) is 0 Å². The van der Waals surface area contributed by atoms with Gasteiger partial charge in [-0.1, -0.05) is 44.0 Å². The number of carbonyl (C=O) groups excluding carboxylic acids is 1. The molecule has 4 heterocycles. The number of allylic oxidation sites excluding steroid dienone is 1. The smallest absolute Gasteiger partial charge is 0.331 e. The summed E-state index contributed by atoms with van der Waals surface area (Å²) in [5, 5.41) is 6.66. The molecule has 10 heteroatoms. The van der Waals surface area contributed by atoms with Crippen LogP contribution < -0.4 is 16.6 Å². The van der Waals surface area contributed by atoms with Gasteiger partial charge in [0.25, 0.3) is 17.4 Å². The van der Waals surface area contributed by atoms with E-state index in [0.717, 1.165) is 25.7 Å². The van der Waals surface area contributed by atoms with Gasteiger partial charge in [-0.15, -0.1) is 0 Å². The molecule has 3 aromatic rings. The van der Waals surface area contributed by atoms with E-state index in [4.69, 9.17) is 4.52 Å². The molecule has 10 nitrogen and oxygen atoms in total. The molecular weight excluding hydrogens is 448 g/mol. The Kier molecular flexibility index (Phi) is 7.69. The zero-order chi connectivity index (χ0) is 24.8. The summed E-state index contributed by atoms with van der Waals surface area (Å²) in [5.74, 6) is 0.467. The van der Waals surface area contributed by atoms with E-state index in [0.29, 0.717) is 54.5 Å². The van der Waals surface area contributed by atoms with E-state index in [1.807, 2.05) is 12.1 Å². The third kappa shape index (κ3) is 5.47. The summed E-state index contributed by atoms with van der Waals surface area (Å²) in [6.45, 7) is 6.58. The van der Waals surface area contributed by atoms with Crippen molar-refractivity contribution in [1.82, 2.24) is 29.6 Å². The molecule has 0 saturated heterocycles. The van der Waals surface area contributed by atoms with Crippen molar-refractivity contribution in [3.05, 3.63) is 74.6 Å². The Labute approximate surface area is 202 Å². The maximum atomic E-state index is 13.3. The molecular formula is C25H30N6O4. The summed E-state index contributed by atoms with van der Waals surface area (Å²) < 4.78 is 7.99. The number of aromatic nitrogens is 5. The zero-order valence-electron chi connectivity index (χ0n) is 20.0. The maximum Gasteiger partial charge on any atom is 0.331 e. The Balaban J connectivity index is 1.48. The molecule has 0 aromatic carbocycles. The van der Waals surface area contributed by atoms with Gasteiger partial charge in [0.1, 0.15) is 11.4 Å². The molecule has 1 aliphatic heterocycles. The number of amides is 1. The summed E-state index contributed by atoms with van der Waals surface area (Å²) in [6, 6.07) is 5.45. The number of hydrogen-bond acceptors (Lipinski definition) is 7. The quantitative estimate of drug-likeness (QED) is 0.420. The second-order valence-electron chi connectivity index (χ2n) is 8.70. The van der Waals surface area contributed by atoms with E-state index in [2.05, 4.69) is 33.9 Å². The Bertz CT molecular complexity index is 1320. The number of unbranched alkanes of at least 4 members (excludes halogenated alkanes) is 4. The summed E-state index contributed by atoms with van der Waals surface area (Å²) in [4.78, 5) is 47.6. The van der Waals surface area contributed by atoms with Gasteiger partial charge in [0.15, 0.2) is 5.82 Å². The van der Waals surface area contributed by atoms with Crippen molar-refractivity contribution in [2.75, 3.05) is 0 Å². The van der Waals surface area contributed by atoms with Crippen LogP contribution in [0.1, 0.15) is 67.3 Å². The molecule has 184 valence electrons. The molecule has 0 unspecified atom stereocenters. The molecule has 35 heavy (non-hydrogen) atoms. The lowest BCUT2D eigenvalue weighted by atomic mass is 10.0. The normalized spacial score (nSPS) is 13.1. The molecule has 1 amide bonds. The minimum absolute atomic E-state index is 0.175. The van der Waals surface area contributed by atoms with E-state index < -0.39 is 17.2 Å². The van der Waals surface area contributed by atoms with Crippen LogP contribution in [0, 0.1) is 0 Å². The number of pyridine rings is 1. The molecule has 0 atom stereocenters. The van der Waals surface area contributed by atoms with Crippen LogP contribution in [-0.4, -0.2) is 30.2 Å². The average molecular weight is 479 g/mol. The fraction of sp³-hybridized carbons (Fsp3) is 0.440. The first-order chi connectivity index (χ1) is 17.0. The maximum absolute atomic E-state index is 13.3. The van der Waals surface area contributed by atoms with Crippen molar-refractivity contribution in [2.24, 2.45) is 0 Å². The minimum Gasteiger partial charge on any atom is -0.332 e.